The summed E-state index contributed by atoms with van der Waals surface area (Å²) in [5.74, 6) is -5.01. The summed E-state index contributed by atoms with van der Waals surface area (Å²) in [5.41, 5.74) is -1.12. The Morgan fingerprint density at radius 3 is 2.05 bits per heavy atom. The zero-order valence-corrected chi connectivity index (χ0v) is 13.4. The number of imidazole rings is 1. The third-order valence-corrected chi connectivity index (χ3v) is 3.62. The van der Waals surface area contributed by atoms with Gasteiger partial charge in [0.05, 0.1) is 5.69 Å². The van der Waals surface area contributed by atoms with Gasteiger partial charge in [0.25, 0.3) is 0 Å². The SMILES string of the molecule is CC(C)(C)c1cn2c(I)nc(C(F)(F)C(F)(F)F)cc2n1. The van der Waals surface area contributed by atoms with Crippen molar-refractivity contribution in [2.75, 3.05) is 0 Å². The molecule has 3 nitrogen and oxygen atoms in total. The van der Waals surface area contributed by atoms with Gasteiger partial charge in [0.15, 0.2) is 3.83 Å². The van der Waals surface area contributed by atoms with Gasteiger partial charge in [-0.25, -0.2) is 9.97 Å². The number of alkyl halides is 5. The predicted molar refractivity (Wildman–Crippen MR) is 74.4 cm³/mol. The minimum Gasteiger partial charge on any atom is -0.279 e. The van der Waals surface area contributed by atoms with E-state index < -0.39 is 17.8 Å². The van der Waals surface area contributed by atoms with Gasteiger partial charge in [-0.15, -0.1) is 0 Å². The molecule has 2 aromatic rings. The summed E-state index contributed by atoms with van der Waals surface area (Å²) in [6, 6.07) is 0.672. The van der Waals surface area contributed by atoms with Crippen molar-refractivity contribution in [3.05, 3.63) is 27.5 Å². The van der Waals surface area contributed by atoms with E-state index >= 15 is 0 Å². The first kappa shape index (κ1) is 16.4. The number of hydrogen-bond donors (Lipinski definition) is 0. The monoisotopic (exact) mass is 419 g/mol. The second kappa shape index (κ2) is 4.75. The van der Waals surface area contributed by atoms with E-state index in [4.69, 9.17) is 0 Å². The van der Waals surface area contributed by atoms with E-state index in [0.29, 0.717) is 11.8 Å². The molecule has 0 amide bonds. The van der Waals surface area contributed by atoms with Gasteiger partial charge >= 0.3 is 12.1 Å². The Labute approximate surface area is 130 Å². The number of rotatable bonds is 1. The van der Waals surface area contributed by atoms with Crippen molar-refractivity contribution in [1.82, 2.24) is 14.4 Å². The van der Waals surface area contributed by atoms with Gasteiger partial charge in [-0.05, 0) is 0 Å². The number of nitrogens with zero attached hydrogens (tertiary/aromatic N) is 3. The van der Waals surface area contributed by atoms with Crippen LogP contribution in [-0.2, 0) is 11.3 Å². The fraction of sp³-hybridized carbons (Fsp3) is 0.500. The summed E-state index contributed by atoms with van der Waals surface area (Å²) >= 11 is 1.60. The number of fused-ring (bicyclic) bond motifs is 1. The molecule has 0 saturated heterocycles. The third kappa shape index (κ3) is 2.84. The fourth-order valence-corrected chi connectivity index (χ4v) is 2.27. The van der Waals surface area contributed by atoms with Crippen molar-refractivity contribution < 1.29 is 22.0 Å². The van der Waals surface area contributed by atoms with Crippen LogP contribution in [-0.4, -0.2) is 20.5 Å². The highest BCUT2D eigenvalue weighted by molar-refractivity contribution is 14.1. The maximum atomic E-state index is 13.4. The molecule has 116 valence electrons. The minimum atomic E-state index is -5.69. The van der Waals surface area contributed by atoms with Crippen molar-refractivity contribution in [2.24, 2.45) is 0 Å². The lowest BCUT2D eigenvalue weighted by Gasteiger charge is -2.19. The fourth-order valence-electron chi connectivity index (χ4n) is 1.62. The molecule has 0 aliphatic carbocycles. The molecule has 0 radical (unpaired) electrons. The molecule has 0 fully saturated rings. The first-order valence-electron chi connectivity index (χ1n) is 5.85. The Morgan fingerprint density at radius 2 is 1.57 bits per heavy atom. The average molecular weight is 419 g/mol. The van der Waals surface area contributed by atoms with Crippen LogP contribution in [0.1, 0.15) is 32.2 Å². The van der Waals surface area contributed by atoms with E-state index in [1.54, 1.807) is 28.8 Å². The predicted octanol–water partition coefficient (Wildman–Crippen LogP) is 4.29. The highest BCUT2D eigenvalue weighted by Gasteiger charge is 2.60. The summed E-state index contributed by atoms with van der Waals surface area (Å²) in [4.78, 5) is 7.49. The first-order chi connectivity index (χ1) is 9.34. The largest absolute Gasteiger partial charge is 0.459 e. The lowest BCUT2D eigenvalue weighted by molar-refractivity contribution is -0.291. The third-order valence-electron chi connectivity index (χ3n) is 2.86. The summed E-state index contributed by atoms with van der Waals surface area (Å²) in [7, 11) is 0. The van der Waals surface area contributed by atoms with Crippen LogP contribution in [0.5, 0.6) is 0 Å². The molecule has 21 heavy (non-hydrogen) atoms. The number of hydrogen-bond acceptors (Lipinski definition) is 2. The molecule has 0 aliphatic heterocycles. The molecule has 2 aromatic heterocycles. The number of aromatic nitrogens is 3. The summed E-state index contributed by atoms with van der Waals surface area (Å²) < 4.78 is 65.4. The van der Waals surface area contributed by atoms with Gasteiger partial charge in [-0.2, -0.15) is 22.0 Å². The lowest BCUT2D eigenvalue weighted by atomic mass is 9.93. The van der Waals surface area contributed by atoms with Crippen LogP contribution in [0.3, 0.4) is 0 Å². The second-order valence-corrected chi connectivity index (χ2v) is 6.55. The topological polar surface area (TPSA) is 30.2 Å². The summed E-state index contributed by atoms with van der Waals surface area (Å²) in [6.45, 7) is 5.58. The number of halogens is 6. The van der Waals surface area contributed by atoms with Crippen molar-refractivity contribution >= 4 is 28.2 Å². The van der Waals surface area contributed by atoms with E-state index in [-0.39, 0.29) is 14.9 Å². The van der Waals surface area contributed by atoms with Crippen molar-refractivity contribution in [2.45, 2.75) is 38.3 Å². The smallest absolute Gasteiger partial charge is 0.279 e. The molecule has 0 atom stereocenters. The van der Waals surface area contributed by atoms with Crippen LogP contribution in [0.15, 0.2) is 12.3 Å². The molecule has 0 unspecified atom stereocenters. The van der Waals surface area contributed by atoms with E-state index in [9.17, 15) is 22.0 Å². The second-order valence-electron chi connectivity index (χ2n) is 5.59. The van der Waals surface area contributed by atoms with Gasteiger partial charge in [0, 0.05) is 40.3 Å². The highest BCUT2D eigenvalue weighted by Crippen LogP contribution is 2.43. The molecule has 0 saturated carbocycles. The highest BCUT2D eigenvalue weighted by atomic mass is 127. The average Bonchev–Trinajstić information content (AvgIpc) is 2.71. The van der Waals surface area contributed by atoms with Crippen molar-refractivity contribution in [3.8, 4) is 0 Å². The normalized spacial score (nSPS) is 14.0. The maximum Gasteiger partial charge on any atom is 0.459 e. The van der Waals surface area contributed by atoms with Crippen LogP contribution in [0.4, 0.5) is 22.0 Å². The van der Waals surface area contributed by atoms with E-state index in [1.807, 2.05) is 20.8 Å². The Kier molecular flexibility index (Phi) is 3.70. The molecule has 2 heterocycles. The first-order valence-corrected chi connectivity index (χ1v) is 6.93. The quantitative estimate of drug-likeness (QED) is 0.393. The van der Waals surface area contributed by atoms with Crippen molar-refractivity contribution in [1.29, 1.82) is 0 Å². The van der Waals surface area contributed by atoms with E-state index in [1.165, 1.54) is 4.40 Å². The maximum absolute atomic E-state index is 13.4. The van der Waals surface area contributed by atoms with Gasteiger partial charge in [-0.3, -0.25) is 4.40 Å². The molecular weight excluding hydrogens is 408 g/mol. The molecule has 0 spiro atoms. The molecule has 0 N–H and O–H groups in total. The van der Waals surface area contributed by atoms with Crippen LogP contribution in [0.25, 0.3) is 5.65 Å². The molecule has 0 aliphatic rings. The van der Waals surface area contributed by atoms with Crippen LogP contribution >= 0.6 is 22.6 Å². The molecule has 2 rings (SSSR count). The van der Waals surface area contributed by atoms with E-state index in [0.717, 1.165) is 0 Å². The Hall–Kier alpha value is -1.00. The molecular formula is C12H11F5IN3. The van der Waals surface area contributed by atoms with Crippen LogP contribution in [0, 0.1) is 3.83 Å². The standard InChI is InChI=1S/C12H11F5IN3/c1-10(2,3)7-5-21-8(19-7)4-6(20-9(21)18)11(13,14)12(15,16)17/h4-5H,1-3H3. The zero-order chi connectivity index (χ0) is 16.2. The summed E-state index contributed by atoms with van der Waals surface area (Å²) in [6.07, 6.45) is -4.11. The lowest BCUT2D eigenvalue weighted by Crippen LogP contribution is -2.35. The summed E-state index contributed by atoms with van der Waals surface area (Å²) in [5, 5.41) is 0. The molecule has 0 aromatic carbocycles. The Bertz CT molecular complexity index is 684. The van der Waals surface area contributed by atoms with Crippen LogP contribution < -0.4 is 0 Å². The van der Waals surface area contributed by atoms with Gasteiger partial charge in [0.1, 0.15) is 11.3 Å². The van der Waals surface area contributed by atoms with Crippen molar-refractivity contribution in [3.63, 3.8) is 0 Å². The van der Waals surface area contributed by atoms with Gasteiger partial charge in [0.2, 0.25) is 0 Å². The Balaban J connectivity index is 2.66. The Morgan fingerprint density at radius 1 is 1.00 bits per heavy atom. The van der Waals surface area contributed by atoms with Crippen LogP contribution in [0.2, 0.25) is 0 Å². The molecule has 9 heteroatoms. The molecule has 0 bridgehead atoms. The zero-order valence-electron chi connectivity index (χ0n) is 11.3. The van der Waals surface area contributed by atoms with Gasteiger partial charge < -0.3 is 0 Å². The van der Waals surface area contributed by atoms with E-state index in [2.05, 4.69) is 9.97 Å². The van der Waals surface area contributed by atoms with Gasteiger partial charge in [-0.1, -0.05) is 20.8 Å². The minimum absolute atomic E-state index is 0.00738.